The predicted octanol–water partition coefficient (Wildman–Crippen LogP) is 13.3. The molecule has 0 amide bonds. The Balaban J connectivity index is 1.29. The lowest BCUT2D eigenvalue weighted by molar-refractivity contribution is 1.04. The molecule has 0 fully saturated rings. The van der Waals surface area contributed by atoms with Gasteiger partial charge in [-0.3, -0.25) is 0 Å². The Morgan fingerprint density at radius 1 is 0.339 bits per heavy atom. The van der Waals surface area contributed by atoms with Crippen LogP contribution >= 0.6 is 10.0 Å². The van der Waals surface area contributed by atoms with Crippen LogP contribution in [0, 0.1) is 0 Å². The van der Waals surface area contributed by atoms with Gasteiger partial charge in [-0.2, -0.15) is 0 Å². The van der Waals surface area contributed by atoms with Gasteiger partial charge in [-0.15, -0.1) is 10.0 Å². The summed E-state index contributed by atoms with van der Waals surface area (Å²) in [5, 5.41) is 1.18. The van der Waals surface area contributed by atoms with Crippen molar-refractivity contribution in [2.45, 2.75) is 19.6 Å². The van der Waals surface area contributed by atoms with Gasteiger partial charge in [-0.05, 0) is 66.2 Å². The van der Waals surface area contributed by atoms with Gasteiger partial charge in [0.05, 0.1) is 16.7 Å². The van der Waals surface area contributed by atoms with E-state index in [1.54, 1.807) is 0 Å². The van der Waals surface area contributed by atoms with Crippen LogP contribution in [-0.4, -0.2) is 19.4 Å². The average molecular weight is 737 g/mol. The molecule has 3 heterocycles. The minimum absolute atomic E-state index is 0.606. The second-order valence-corrected chi connectivity index (χ2v) is 16.7. The third kappa shape index (κ3) is 5.60. The lowest BCUT2D eigenvalue weighted by Gasteiger charge is -2.43. The summed E-state index contributed by atoms with van der Waals surface area (Å²) in [6.07, 6.45) is 0. The Morgan fingerprint density at radius 3 is 1.43 bits per heavy atom. The van der Waals surface area contributed by atoms with E-state index < -0.39 is 10.0 Å². The molecular weight excluding hydrogens is 701 g/mol. The molecule has 10 rings (SSSR count). The lowest BCUT2D eigenvalue weighted by Crippen LogP contribution is -2.08. The maximum absolute atomic E-state index is 5.46. The maximum atomic E-state index is 5.46. The summed E-state index contributed by atoms with van der Waals surface area (Å²) >= 11 is 0. The molecule has 0 N–H and O–H groups in total. The fourth-order valence-corrected chi connectivity index (χ4v) is 12.0. The zero-order valence-corrected chi connectivity index (χ0v) is 31.3. The topological polar surface area (TPSA) is 43.1 Å². The Bertz CT molecular complexity index is 2850. The number of fused-ring (bicyclic) bond motifs is 3. The van der Waals surface area contributed by atoms with Crippen molar-refractivity contribution in [1.82, 2.24) is 19.4 Å². The summed E-state index contributed by atoms with van der Waals surface area (Å²) < 4.78 is 2.31. The van der Waals surface area contributed by atoms with E-state index in [0.717, 1.165) is 32.7 Å². The zero-order valence-electron chi connectivity index (χ0n) is 30.5. The monoisotopic (exact) mass is 736 g/mol. The first-order valence-electron chi connectivity index (χ1n) is 18.8. The summed E-state index contributed by atoms with van der Waals surface area (Å²) in [5.41, 5.74) is 7.34. The van der Waals surface area contributed by atoms with Crippen molar-refractivity contribution in [3.05, 3.63) is 218 Å². The molecule has 56 heavy (non-hydrogen) atoms. The van der Waals surface area contributed by atoms with Crippen LogP contribution in [0.5, 0.6) is 0 Å². The normalized spacial score (nSPS) is 11.9. The molecule has 266 valence electrons. The number of aromatic nitrogens is 4. The van der Waals surface area contributed by atoms with E-state index >= 15 is 0 Å². The van der Waals surface area contributed by atoms with Crippen molar-refractivity contribution in [2.75, 3.05) is 0 Å². The predicted molar refractivity (Wildman–Crippen MR) is 230 cm³/mol. The van der Waals surface area contributed by atoms with E-state index in [1.165, 1.54) is 31.2 Å². The Labute approximate surface area is 327 Å². The van der Waals surface area contributed by atoms with Gasteiger partial charge in [-0.1, -0.05) is 158 Å². The van der Waals surface area contributed by atoms with Crippen LogP contribution in [0.3, 0.4) is 0 Å². The zero-order chi connectivity index (χ0) is 37.3. The highest BCUT2D eigenvalue weighted by Gasteiger charge is 2.36. The van der Waals surface area contributed by atoms with Crippen molar-refractivity contribution in [3.63, 3.8) is 0 Å². The molecule has 0 unspecified atom stereocenters. The van der Waals surface area contributed by atoms with Gasteiger partial charge in [0.15, 0.2) is 17.5 Å². The van der Waals surface area contributed by atoms with E-state index in [4.69, 9.17) is 15.0 Å². The number of benzene rings is 7. The van der Waals surface area contributed by atoms with Crippen LogP contribution in [0.15, 0.2) is 238 Å². The van der Waals surface area contributed by atoms with Crippen LogP contribution in [0.1, 0.15) is 0 Å². The lowest BCUT2D eigenvalue weighted by atomic mass is 10.0. The smallest absolute Gasteiger partial charge is 0.180 e. The van der Waals surface area contributed by atoms with Crippen molar-refractivity contribution in [2.24, 2.45) is 0 Å². The van der Waals surface area contributed by atoms with Gasteiger partial charge in [0.25, 0.3) is 0 Å². The van der Waals surface area contributed by atoms with E-state index in [-0.39, 0.29) is 0 Å². The molecule has 10 aromatic rings. The SMILES string of the molecule is c1ccc(-c2nc(-c3ccccc3S(c3ccccc3)(c3ccccc3)c3ccccc3)nc(-c3cccc4c(-c5ccccc5)c5ccccc5n34)n2)cc1. The van der Waals surface area contributed by atoms with Crippen molar-refractivity contribution < 1.29 is 0 Å². The average Bonchev–Trinajstić information content (AvgIpc) is 3.63. The molecule has 7 aromatic carbocycles. The molecule has 0 aliphatic heterocycles. The first kappa shape index (κ1) is 33.5. The quantitative estimate of drug-likeness (QED) is 0.156. The molecule has 0 aliphatic carbocycles. The molecule has 0 bridgehead atoms. The van der Waals surface area contributed by atoms with E-state index in [2.05, 4.69) is 205 Å². The van der Waals surface area contributed by atoms with Gasteiger partial charge < -0.3 is 4.40 Å². The third-order valence-corrected chi connectivity index (χ3v) is 14.3. The van der Waals surface area contributed by atoms with Gasteiger partial charge in [-0.25, -0.2) is 15.0 Å². The maximum Gasteiger partial charge on any atom is 0.180 e. The second kappa shape index (κ2) is 14.3. The number of nitrogens with zero attached hydrogens (tertiary/aromatic N) is 4. The highest BCUT2D eigenvalue weighted by molar-refractivity contribution is 8.34. The van der Waals surface area contributed by atoms with Crippen LogP contribution in [0.4, 0.5) is 0 Å². The molecule has 0 radical (unpaired) electrons. The van der Waals surface area contributed by atoms with Crippen molar-refractivity contribution in [1.29, 1.82) is 0 Å². The number of hydrogen-bond donors (Lipinski definition) is 0. The van der Waals surface area contributed by atoms with E-state index in [0.29, 0.717) is 17.5 Å². The first-order valence-corrected chi connectivity index (χ1v) is 20.4. The molecule has 0 spiro atoms. The molecule has 3 aromatic heterocycles. The second-order valence-electron chi connectivity index (χ2n) is 13.6. The Kier molecular flexibility index (Phi) is 8.55. The first-order chi connectivity index (χ1) is 27.8. The molecule has 4 nitrogen and oxygen atoms in total. The summed E-state index contributed by atoms with van der Waals surface area (Å²) in [4.78, 5) is 20.9. The third-order valence-electron chi connectivity index (χ3n) is 10.4. The fraction of sp³-hybridized carbons (Fsp3) is 0. The van der Waals surface area contributed by atoms with Crippen LogP contribution in [0.2, 0.25) is 0 Å². The number of hydrogen-bond acceptors (Lipinski definition) is 3. The Morgan fingerprint density at radius 2 is 0.804 bits per heavy atom. The Hall–Kier alpha value is -7.08. The molecular formula is C51H36N4S. The molecule has 0 aliphatic rings. The fourth-order valence-electron chi connectivity index (χ4n) is 7.97. The van der Waals surface area contributed by atoms with Crippen molar-refractivity contribution in [3.8, 4) is 45.4 Å². The van der Waals surface area contributed by atoms with Gasteiger partial charge in [0.2, 0.25) is 0 Å². The summed E-state index contributed by atoms with van der Waals surface area (Å²) in [6.45, 7) is 0. The molecule has 0 atom stereocenters. The minimum atomic E-state index is -2.04. The molecule has 0 saturated carbocycles. The highest BCUT2D eigenvalue weighted by Crippen LogP contribution is 2.74. The summed E-state index contributed by atoms with van der Waals surface area (Å²) in [6, 6.07) is 77.3. The van der Waals surface area contributed by atoms with Crippen molar-refractivity contribution >= 4 is 26.4 Å². The van der Waals surface area contributed by atoms with Crippen LogP contribution in [0.25, 0.3) is 61.8 Å². The number of pyridine rings is 1. The van der Waals surface area contributed by atoms with E-state index in [9.17, 15) is 0 Å². The summed E-state index contributed by atoms with van der Waals surface area (Å²) in [5.74, 6) is 1.85. The van der Waals surface area contributed by atoms with Gasteiger partial charge in [0, 0.05) is 41.7 Å². The minimum Gasteiger partial charge on any atom is -0.306 e. The number of para-hydroxylation sites is 1. The van der Waals surface area contributed by atoms with Gasteiger partial charge >= 0.3 is 0 Å². The standard InChI is InChI=1S/C51H36N4S/c1-6-21-37(22-7-1)48-42-31-16-18-33-44(42)55-45(48)34-20-35-46(55)51-53-49(38-23-8-2-9-24-38)52-50(54-51)43-32-17-19-36-47(43)56(39-25-10-3-11-26-39,40-27-12-4-13-28-40)41-29-14-5-15-30-41/h1-36H. The molecule has 0 saturated heterocycles. The van der Waals surface area contributed by atoms with Crippen LogP contribution < -0.4 is 0 Å². The highest BCUT2D eigenvalue weighted by atomic mass is 32.3. The summed E-state index contributed by atoms with van der Waals surface area (Å²) in [7, 11) is -2.04. The largest absolute Gasteiger partial charge is 0.306 e. The van der Waals surface area contributed by atoms with Crippen LogP contribution in [-0.2, 0) is 0 Å². The van der Waals surface area contributed by atoms with E-state index in [1.807, 2.05) is 18.2 Å². The molecule has 5 heteroatoms. The number of rotatable bonds is 8. The van der Waals surface area contributed by atoms with Gasteiger partial charge in [0.1, 0.15) is 0 Å².